The number of hydrogen-bond donors (Lipinski definition) is 1. The van der Waals surface area contributed by atoms with Gasteiger partial charge in [0.15, 0.2) is 0 Å². The van der Waals surface area contributed by atoms with Gasteiger partial charge in [0.05, 0.1) is 6.04 Å². The molecule has 92 valence electrons. The number of aryl methyl sites for hydroxylation is 1. The summed E-state index contributed by atoms with van der Waals surface area (Å²) >= 11 is 5.27. The van der Waals surface area contributed by atoms with Crippen molar-refractivity contribution in [1.29, 1.82) is 0 Å². The fraction of sp³-hybridized carbons (Fsp3) is 0.143. The van der Waals surface area contributed by atoms with Crippen molar-refractivity contribution in [2.75, 3.05) is 0 Å². The van der Waals surface area contributed by atoms with Crippen LogP contribution in [0.5, 0.6) is 0 Å². The van der Waals surface area contributed by atoms with E-state index in [0.29, 0.717) is 0 Å². The summed E-state index contributed by atoms with van der Waals surface area (Å²) in [6, 6.07) is 9.86. The van der Waals surface area contributed by atoms with Crippen molar-refractivity contribution >= 4 is 37.4 Å². The number of nitrogens with two attached hydrogens (primary N) is 1. The minimum absolute atomic E-state index is 0.207. The molecule has 0 aliphatic heterocycles. The number of benzene rings is 1. The average Bonchev–Trinajstić information content (AvgIpc) is 2.95. The first-order chi connectivity index (χ1) is 8.66. The molecule has 0 amide bonds. The zero-order valence-electron chi connectivity index (χ0n) is 9.81. The van der Waals surface area contributed by atoms with Gasteiger partial charge < -0.3 is 10.2 Å². The Balaban J connectivity index is 2.12. The first-order valence-electron chi connectivity index (χ1n) is 5.64. The second-order valence-corrected chi connectivity index (χ2v) is 5.97. The molecule has 2 nitrogen and oxygen atoms in total. The quantitative estimate of drug-likeness (QED) is 0.748. The predicted octanol–water partition coefficient (Wildman–Crippen LogP) is 4.61. The maximum Gasteiger partial charge on any atom is 0.125 e. The van der Waals surface area contributed by atoms with Gasteiger partial charge in [0.2, 0.25) is 0 Å². The molecule has 1 unspecified atom stereocenters. The Morgan fingerprint density at radius 2 is 2.11 bits per heavy atom. The van der Waals surface area contributed by atoms with E-state index in [1.165, 1.54) is 10.1 Å². The van der Waals surface area contributed by atoms with E-state index in [-0.39, 0.29) is 6.04 Å². The van der Waals surface area contributed by atoms with Crippen LogP contribution in [0, 0.1) is 6.92 Å². The predicted molar refractivity (Wildman–Crippen MR) is 79.0 cm³/mol. The largest absolute Gasteiger partial charge is 0.464 e. The Morgan fingerprint density at radius 3 is 2.83 bits per heavy atom. The molecule has 2 aromatic heterocycles. The Kier molecular flexibility index (Phi) is 3.01. The van der Waals surface area contributed by atoms with Crippen LogP contribution in [0.2, 0.25) is 0 Å². The van der Waals surface area contributed by atoms with Crippen LogP contribution in [0.3, 0.4) is 0 Å². The normalized spacial score (nSPS) is 13.1. The van der Waals surface area contributed by atoms with Crippen LogP contribution in [-0.2, 0) is 0 Å². The summed E-state index contributed by atoms with van der Waals surface area (Å²) in [6.45, 7) is 1.93. The lowest BCUT2D eigenvalue weighted by Crippen LogP contribution is -2.10. The molecule has 2 heterocycles. The number of halogens is 1. The average molecular weight is 322 g/mol. The zero-order valence-corrected chi connectivity index (χ0v) is 12.2. The molecule has 3 rings (SSSR count). The van der Waals surface area contributed by atoms with Crippen molar-refractivity contribution in [3.8, 4) is 0 Å². The topological polar surface area (TPSA) is 39.2 Å². The first kappa shape index (κ1) is 12.0. The minimum atomic E-state index is -0.207. The fourth-order valence-electron chi connectivity index (χ4n) is 2.06. The summed E-state index contributed by atoms with van der Waals surface area (Å²) in [4.78, 5) is 0. The summed E-state index contributed by atoms with van der Waals surface area (Å²) in [5, 5.41) is 3.30. The maximum atomic E-state index is 6.29. The molecular formula is C14H12BrNOS. The van der Waals surface area contributed by atoms with E-state index >= 15 is 0 Å². The van der Waals surface area contributed by atoms with Crippen molar-refractivity contribution in [3.63, 3.8) is 0 Å². The van der Waals surface area contributed by atoms with Crippen LogP contribution >= 0.6 is 27.3 Å². The van der Waals surface area contributed by atoms with Crippen LogP contribution in [0.1, 0.15) is 23.1 Å². The van der Waals surface area contributed by atoms with Gasteiger partial charge in [0, 0.05) is 9.17 Å². The molecule has 0 bridgehead atoms. The highest BCUT2D eigenvalue weighted by Gasteiger charge is 2.17. The van der Waals surface area contributed by atoms with E-state index in [4.69, 9.17) is 10.2 Å². The standard InChI is InChI=1S/C14H12BrNOS/c1-8-5-6-12(17-8)13(16)10-7-18-14-9(10)3-2-4-11(14)15/h2-7,13H,16H2,1H3. The third-order valence-electron chi connectivity index (χ3n) is 2.98. The SMILES string of the molecule is Cc1ccc(C(N)c2csc3c(Br)cccc23)o1. The number of thiophene rings is 1. The van der Waals surface area contributed by atoms with Crippen molar-refractivity contribution in [1.82, 2.24) is 0 Å². The molecule has 3 aromatic rings. The Labute approximate surface area is 118 Å². The molecule has 18 heavy (non-hydrogen) atoms. The maximum absolute atomic E-state index is 6.29. The number of hydrogen-bond acceptors (Lipinski definition) is 3. The summed E-state index contributed by atoms with van der Waals surface area (Å²) in [6.07, 6.45) is 0. The van der Waals surface area contributed by atoms with E-state index in [1.54, 1.807) is 11.3 Å². The van der Waals surface area contributed by atoms with Gasteiger partial charge in [-0.2, -0.15) is 0 Å². The van der Waals surface area contributed by atoms with Gasteiger partial charge in [-0.1, -0.05) is 12.1 Å². The molecule has 0 aliphatic carbocycles. The smallest absolute Gasteiger partial charge is 0.125 e. The fourth-order valence-corrected chi connectivity index (χ4v) is 3.71. The number of fused-ring (bicyclic) bond motifs is 1. The summed E-state index contributed by atoms with van der Waals surface area (Å²) < 4.78 is 7.95. The Bertz CT molecular complexity index is 701. The van der Waals surface area contributed by atoms with E-state index in [2.05, 4.69) is 27.4 Å². The van der Waals surface area contributed by atoms with E-state index in [9.17, 15) is 0 Å². The van der Waals surface area contributed by atoms with Gasteiger partial charge in [-0.3, -0.25) is 0 Å². The van der Waals surface area contributed by atoms with E-state index in [1.807, 2.05) is 31.2 Å². The van der Waals surface area contributed by atoms with E-state index < -0.39 is 0 Å². The van der Waals surface area contributed by atoms with E-state index in [0.717, 1.165) is 21.6 Å². The van der Waals surface area contributed by atoms with Gasteiger partial charge in [-0.05, 0) is 57.4 Å². The van der Waals surface area contributed by atoms with Crippen molar-refractivity contribution < 1.29 is 4.42 Å². The lowest BCUT2D eigenvalue weighted by Gasteiger charge is -2.08. The number of furan rings is 1. The molecule has 0 saturated heterocycles. The van der Waals surface area contributed by atoms with Crippen molar-refractivity contribution in [2.45, 2.75) is 13.0 Å². The highest BCUT2D eigenvalue weighted by molar-refractivity contribution is 9.10. The van der Waals surface area contributed by atoms with Crippen LogP contribution in [0.15, 0.2) is 44.6 Å². The van der Waals surface area contributed by atoms with Gasteiger partial charge in [0.25, 0.3) is 0 Å². The number of rotatable bonds is 2. The van der Waals surface area contributed by atoms with Crippen molar-refractivity contribution in [3.05, 3.63) is 57.3 Å². The third-order valence-corrected chi connectivity index (χ3v) is 4.96. The molecule has 1 aromatic carbocycles. The van der Waals surface area contributed by atoms with Crippen LogP contribution < -0.4 is 5.73 Å². The monoisotopic (exact) mass is 321 g/mol. The molecule has 0 spiro atoms. The van der Waals surface area contributed by atoms with Gasteiger partial charge in [-0.15, -0.1) is 11.3 Å². The second-order valence-electron chi connectivity index (χ2n) is 4.23. The molecule has 0 radical (unpaired) electrons. The molecule has 1 atom stereocenters. The molecule has 0 fully saturated rings. The van der Waals surface area contributed by atoms with Crippen molar-refractivity contribution in [2.24, 2.45) is 5.73 Å². The molecular weight excluding hydrogens is 310 g/mol. The highest BCUT2D eigenvalue weighted by Crippen LogP contribution is 2.36. The lowest BCUT2D eigenvalue weighted by atomic mass is 10.0. The molecule has 0 saturated carbocycles. The Morgan fingerprint density at radius 1 is 1.28 bits per heavy atom. The van der Waals surface area contributed by atoms with Crippen LogP contribution in [0.4, 0.5) is 0 Å². The Hall–Kier alpha value is -1.10. The molecule has 4 heteroatoms. The van der Waals surface area contributed by atoms with Crippen LogP contribution in [0.25, 0.3) is 10.1 Å². The summed E-state index contributed by atoms with van der Waals surface area (Å²) in [5.74, 6) is 1.70. The highest BCUT2D eigenvalue weighted by atomic mass is 79.9. The second kappa shape index (κ2) is 4.53. The molecule has 0 aliphatic rings. The van der Waals surface area contributed by atoms with Gasteiger partial charge in [-0.25, -0.2) is 0 Å². The first-order valence-corrected chi connectivity index (χ1v) is 7.31. The minimum Gasteiger partial charge on any atom is -0.464 e. The lowest BCUT2D eigenvalue weighted by molar-refractivity contribution is 0.467. The summed E-state index contributed by atoms with van der Waals surface area (Å²) in [5.41, 5.74) is 7.40. The zero-order chi connectivity index (χ0) is 12.7. The van der Waals surface area contributed by atoms with Gasteiger partial charge in [0.1, 0.15) is 11.5 Å². The van der Waals surface area contributed by atoms with Gasteiger partial charge >= 0.3 is 0 Å². The third kappa shape index (κ3) is 1.90. The molecule has 2 N–H and O–H groups in total. The summed E-state index contributed by atoms with van der Waals surface area (Å²) in [7, 11) is 0. The van der Waals surface area contributed by atoms with Crippen LogP contribution in [-0.4, -0.2) is 0 Å².